The van der Waals surface area contributed by atoms with Crippen molar-refractivity contribution in [2.45, 2.75) is 49.7 Å². The van der Waals surface area contributed by atoms with Gasteiger partial charge in [-0.25, -0.2) is 10.9 Å². The normalized spacial score (nSPS) is 26.1. The molecule has 1 unspecified atom stereocenters. The van der Waals surface area contributed by atoms with Gasteiger partial charge in [-0.05, 0) is 60.9 Å². The average Bonchev–Trinajstić information content (AvgIpc) is 2.78. The third-order valence-electron chi connectivity index (χ3n) is 5.94. The summed E-state index contributed by atoms with van der Waals surface area (Å²) in [6.07, 6.45) is 0.765. The predicted molar refractivity (Wildman–Crippen MR) is 135 cm³/mol. The molecule has 2 aromatic rings. The van der Waals surface area contributed by atoms with E-state index in [0.717, 1.165) is 22.4 Å². The van der Waals surface area contributed by atoms with Crippen molar-refractivity contribution in [2.75, 3.05) is 25.2 Å². The average molecular weight is 496 g/mol. The van der Waals surface area contributed by atoms with E-state index in [-0.39, 0.29) is 11.2 Å². The van der Waals surface area contributed by atoms with Crippen LogP contribution in [0.15, 0.2) is 42.5 Å². The molecule has 0 aromatic heterocycles. The van der Waals surface area contributed by atoms with Crippen LogP contribution in [0, 0.1) is 0 Å². The van der Waals surface area contributed by atoms with E-state index >= 15 is 0 Å². The van der Waals surface area contributed by atoms with E-state index in [1.54, 1.807) is 0 Å². The summed E-state index contributed by atoms with van der Waals surface area (Å²) < 4.78 is 5.73. The number of aliphatic hydroxyl groups is 3. The van der Waals surface area contributed by atoms with Gasteiger partial charge < -0.3 is 25.4 Å². The fourth-order valence-electron chi connectivity index (χ4n) is 4.19. The molecule has 0 bridgehead atoms. The molecule has 0 spiro atoms. The van der Waals surface area contributed by atoms with Gasteiger partial charge in [0.05, 0.1) is 18.8 Å². The van der Waals surface area contributed by atoms with Crippen LogP contribution in [0.3, 0.4) is 0 Å². The molecule has 5 atom stereocenters. The minimum absolute atomic E-state index is 0.0395. The van der Waals surface area contributed by atoms with Crippen LogP contribution in [0.1, 0.15) is 41.7 Å². The van der Waals surface area contributed by atoms with Crippen LogP contribution in [0.2, 0.25) is 5.02 Å². The number of amides is 1. The summed E-state index contributed by atoms with van der Waals surface area (Å²) in [6, 6.07) is 13.5. The van der Waals surface area contributed by atoms with Gasteiger partial charge in [-0.1, -0.05) is 35.9 Å². The second-order valence-electron chi connectivity index (χ2n) is 8.51. The molecule has 1 heterocycles. The summed E-state index contributed by atoms with van der Waals surface area (Å²) in [5.74, 6) is 1.29. The van der Waals surface area contributed by atoms with Crippen molar-refractivity contribution in [2.24, 2.45) is 0 Å². The lowest BCUT2D eigenvalue weighted by atomic mass is 9.96. The minimum atomic E-state index is -1.14. The molecule has 33 heavy (non-hydrogen) atoms. The van der Waals surface area contributed by atoms with Crippen molar-refractivity contribution in [1.82, 2.24) is 5.32 Å². The SMILES string of the molecule is CCNC(=O)CCCOc1ccc(Cc2cc([C@H]3[C@H](O)[C@H](O)[C@H](O)C[SH]3C)ccc2Cl)cc1. The standard InChI is InChI=1S/C25H34ClNO5S/c1-3-27-22(29)5-4-12-32-19-9-6-16(7-10-19)13-18-14-17(8-11-20(18)26)25-24(31)23(30)21(28)15-33(25)2/h6-11,14,21,23-25,28,30-31,33H,3-5,12-13,15H2,1-2H3,(H,27,29)/t21-,23-,24-,25+/m1/s1. The van der Waals surface area contributed by atoms with Crippen molar-refractivity contribution in [1.29, 1.82) is 0 Å². The Bertz CT molecular complexity index is 926. The molecule has 0 aliphatic carbocycles. The first kappa shape index (κ1) is 25.8. The highest BCUT2D eigenvalue weighted by atomic mass is 35.5. The van der Waals surface area contributed by atoms with Gasteiger partial charge in [0.2, 0.25) is 5.91 Å². The van der Waals surface area contributed by atoms with E-state index in [0.29, 0.717) is 43.2 Å². The largest absolute Gasteiger partial charge is 0.494 e. The van der Waals surface area contributed by atoms with Gasteiger partial charge in [0, 0.05) is 29.0 Å². The maximum atomic E-state index is 11.5. The van der Waals surface area contributed by atoms with Gasteiger partial charge in [0.15, 0.2) is 0 Å². The van der Waals surface area contributed by atoms with Crippen LogP contribution in [0.25, 0.3) is 0 Å². The van der Waals surface area contributed by atoms with E-state index in [4.69, 9.17) is 16.3 Å². The zero-order valence-electron chi connectivity index (χ0n) is 19.1. The van der Waals surface area contributed by atoms with E-state index in [9.17, 15) is 20.1 Å². The van der Waals surface area contributed by atoms with Gasteiger partial charge in [0.25, 0.3) is 0 Å². The van der Waals surface area contributed by atoms with E-state index < -0.39 is 29.2 Å². The van der Waals surface area contributed by atoms with E-state index in [2.05, 4.69) is 5.32 Å². The summed E-state index contributed by atoms with van der Waals surface area (Å²) in [4.78, 5) is 11.5. The molecule has 1 aliphatic rings. The van der Waals surface area contributed by atoms with Gasteiger partial charge in [0.1, 0.15) is 11.9 Å². The fourth-order valence-corrected chi connectivity index (χ4v) is 6.77. The first-order chi connectivity index (χ1) is 15.8. The summed E-state index contributed by atoms with van der Waals surface area (Å²) in [5, 5.41) is 33.9. The second-order valence-corrected chi connectivity index (χ2v) is 11.4. The summed E-state index contributed by atoms with van der Waals surface area (Å²) in [7, 11) is -0.681. The van der Waals surface area contributed by atoms with Crippen LogP contribution in [0.5, 0.6) is 5.75 Å². The van der Waals surface area contributed by atoms with Crippen LogP contribution in [-0.2, 0) is 11.2 Å². The van der Waals surface area contributed by atoms with Crippen molar-refractivity contribution < 1.29 is 24.9 Å². The highest BCUT2D eigenvalue weighted by Gasteiger charge is 2.40. The Morgan fingerprint density at radius 3 is 2.58 bits per heavy atom. The summed E-state index contributed by atoms with van der Waals surface area (Å²) in [5.41, 5.74) is 2.96. The molecule has 1 saturated heterocycles. The Morgan fingerprint density at radius 2 is 1.88 bits per heavy atom. The monoisotopic (exact) mass is 495 g/mol. The Kier molecular flexibility index (Phi) is 9.47. The Labute approximate surface area is 203 Å². The Hall–Kier alpha value is -1.77. The van der Waals surface area contributed by atoms with Crippen LogP contribution < -0.4 is 10.1 Å². The smallest absolute Gasteiger partial charge is 0.220 e. The van der Waals surface area contributed by atoms with Gasteiger partial charge in [-0.2, -0.15) is 0 Å². The number of carbonyl (C=O) groups is 1. The second kappa shape index (κ2) is 12.1. The molecule has 1 amide bonds. The number of hydrogen-bond donors (Lipinski definition) is 5. The topological polar surface area (TPSA) is 99.0 Å². The summed E-state index contributed by atoms with van der Waals surface area (Å²) >= 11 is 6.47. The fraction of sp³-hybridized carbons (Fsp3) is 0.480. The molecule has 0 saturated carbocycles. The number of nitrogens with one attached hydrogen (secondary N) is 1. The van der Waals surface area contributed by atoms with Crippen molar-refractivity contribution in [3.05, 3.63) is 64.2 Å². The van der Waals surface area contributed by atoms with Crippen LogP contribution in [-0.4, -0.2) is 64.7 Å². The Morgan fingerprint density at radius 1 is 1.15 bits per heavy atom. The van der Waals surface area contributed by atoms with Gasteiger partial charge in [-0.3, -0.25) is 4.79 Å². The third-order valence-corrected chi connectivity index (χ3v) is 8.81. The van der Waals surface area contributed by atoms with Crippen molar-refractivity contribution in [3.63, 3.8) is 0 Å². The molecule has 182 valence electrons. The van der Waals surface area contributed by atoms with Crippen molar-refractivity contribution >= 4 is 28.4 Å². The third kappa shape index (κ3) is 6.87. The number of ether oxygens (including phenoxy) is 1. The van der Waals surface area contributed by atoms with E-state index in [1.807, 2.05) is 55.6 Å². The summed E-state index contributed by atoms with van der Waals surface area (Å²) in [6.45, 7) is 3.02. The number of hydrogen-bond acceptors (Lipinski definition) is 5. The molecule has 3 rings (SSSR count). The zero-order valence-corrected chi connectivity index (χ0v) is 20.7. The number of aliphatic hydroxyl groups excluding tert-OH is 3. The quantitative estimate of drug-likeness (QED) is 0.272. The van der Waals surface area contributed by atoms with Crippen molar-refractivity contribution in [3.8, 4) is 5.75 Å². The highest BCUT2D eigenvalue weighted by Crippen LogP contribution is 2.48. The molecule has 1 aliphatic heterocycles. The number of halogens is 1. The molecule has 1 fully saturated rings. The highest BCUT2D eigenvalue weighted by molar-refractivity contribution is 8.16. The number of rotatable bonds is 9. The van der Waals surface area contributed by atoms with Gasteiger partial charge >= 0.3 is 0 Å². The molecule has 2 aromatic carbocycles. The number of thiol groups is 1. The Balaban J connectivity index is 1.62. The number of carbonyl (C=O) groups excluding carboxylic acids is 1. The molecular formula is C25H34ClNO5S. The first-order valence-electron chi connectivity index (χ1n) is 11.3. The minimum Gasteiger partial charge on any atom is -0.494 e. The molecule has 0 radical (unpaired) electrons. The maximum absolute atomic E-state index is 11.5. The molecule has 6 nitrogen and oxygen atoms in total. The maximum Gasteiger partial charge on any atom is 0.220 e. The van der Waals surface area contributed by atoms with Crippen LogP contribution in [0.4, 0.5) is 0 Å². The molecule has 8 heteroatoms. The lowest BCUT2D eigenvalue weighted by molar-refractivity contribution is -0.121. The zero-order chi connectivity index (χ0) is 24.0. The first-order valence-corrected chi connectivity index (χ1v) is 13.7. The van der Waals surface area contributed by atoms with Crippen LogP contribution >= 0.6 is 22.5 Å². The lowest BCUT2D eigenvalue weighted by Crippen LogP contribution is -2.47. The number of benzene rings is 2. The molecular weight excluding hydrogens is 462 g/mol. The van der Waals surface area contributed by atoms with Gasteiger partial charge in [-0.15, -0.1) is 0 Å². The lowest BCUT2D eigenvalue weighted by Gasteiger charge is -2.42. The predicted octanol–water partition coefficient (Wildman–Crippen LogP) is 2.99. The molecule has 4 N–H and O–H groups in total. The van der Waals surface area contributed by atoms with E-state index in [1.165, 1.54) is 0 Å².